The number of ether oxygens (including phenoxy) is 1. The van der Waals surface area contributed by atoms with E-state index in [-0.39, 0.29) is 13.0 Å². The van der Waals surface area contributed by atoms with Crippen LogP contribution in [0.1, 0.15) is 12.0 Å². The van der Waals surface area contributed by atoms with E-state index in [0.29, 0.717) is 5.75 Å². The molecule has 0 aliphatic carbocycles. The Morgan fingerprint density at radius 3 is 2.44 bits per heavy atom. The van der Waals surface area contributed by atoms with Crippen LogP contribution >= 0.6 is 0 Å². The van der Waals surface area contributed by atoms with Crippen molar-refractivity contribution in [2.75, 3.05) is 6.61 Å². The maximum absolute atomic E-state index is 11.3. The molecule has 0 radical (unpaired) electrons. The minimum absolute atomic E-state index is 0.212. The van der Waals surface area contributed by atoms with E-state index in [1.54, 1.807) is 18.2 Å². The molecule has 94 valence electrons. The third kappa shape index (κ3) is 4.99. The normalized spacial score (nSPS) is 9.11. The van der Waals surface area contributed by atoms with Gasteiger partial charge < -0.3 is 4.74 Å². The summed E-state index contributed by atoms with van der Waals surface area (Å²) in [6.45, 7) is 1.73. The van der Waals surface area contributed by atoms with Gasteiger partial charge in [-0.15, -0.1) is 0 Å². The molecule has 18 heavy (non-hydrogen) atoms. The van der Waals surface area contributed by atoms with E-state index in [1.807, 2.05) is 19.1 Å². The summed E-state index contributed by atoms with van der Waals surface area (Å²) in [4.78, 5) is 22.1. The maximum atomic E-state index is 11.3. The summed E-state index contributed by atoms with van der Waals surface area (Å²) < 4.78 is 5.19. The Hall–Kier alpha value is -2.55. The van der Waals surface area contributed by atoms with Crippen LogP contribution in [-0.4, -0.2) is 18.4 Å². The number of hydrogen-bond acceptors (Lipinski definition) is 4. The van der Waals surface area contributed by atoms with Crippen LogP contribution in [0.5, 0.6) is 5.75 Å². The van der Waals surface area contributed by atoms with Gasteiger partial charge in [-0.05, 0) is 19.1 Å². The molecular formula is C12H13N3O3. The largest absolute Gasteiger partial charge is 0.484 e. The zero-order valence-corrected chi connectivity index (χ0v) is 9.90. The number of nitriles is 1. The Balaban J connectivity index is 2.27. The van der Waals surface area contributed by atoms with Crippen LogP contribution in [0, 0.1) is 18.3 Å². The first kappa shape index (κ1) is 13.5. The zero-order valence-electron chi connectivity index (χ0n) is 9.90. The Morgan fingerprint density at radius 1 is 1.22 bits per heavy atom. The fourth-order valence-corrected chi connectivity index (χ4v) is 1.07. The molecule has 6 nitrogen and oxygen atoms in total. The molecule has 1 aromatic carbocycles. The summed E-state index contributed by atoms with van der Waals surface area (Å²) >= 11 is 0. The maximum Gasteiger partial charge on any atom is 0.276 e. The Morgan fingerprint density at radius 2 is 1.83 bits per heavy atom. The molecule has 0 saturated heterocycles. The van der Waals surface area contributed by atoms with E-state index in [0.717, 1.165) is 5.56 Å². The summed E-state index contributed by atoms with van der Waals surface area (Å²) in [5.41, 5.74) is 5.32. The van der Waals surface area contributed by atoms with Gasteiger partial charge in [0.1, 0.15) is 12.2 Å². The summed E-state index contributed by atoms with van der Waals surface area (Å²) in [5, 5.41) is 8.23. The number of amides is 2. The molecule has 2 N–H and O–H groups in total. The number of benzene rings is 1. The fraction of sp³-hybridized carbons (Fsp3) is 0.250. The van der Waals surface area contributed by atoms with Gasteiger partial charge >= 0.3 is 0 Å². The van der Waals surface area contributed by atoms with E-state index in [1.165, 1.54) is 0 Å². The SMILES string of the molecule is Cc1ccc(OCC(=O)NNC(=O)CC#N)cc1. The molecule has 0 bridgehead atoms. The molecule has 1 rings (SSSR count). The molecule has 0 aliphatic rings. The number of carbonyl (C=O) groups excluding carboxylic acids is 2. The van der Waals surface area contributed by atoms with Crippen LogP contribution in [0.2, 0.25) is 0 Å². The first-order chi connectivity index (χ1) is 8.61. The topological polar surface area (TPSA) is 91.2 Å². The highest BCUT2D eigenvalue weighted by molar-refractivity contribution is 5.83. The monoisotopic (exact) mass is 247 g/mol. The predicted molar refractivity (Wildman–Crippen MR) is 63.2 cm³/mol. The zero-order chi connectivity index (χ0) is 13.4. The average molecular weight is 247 g/mol. The van der Waals surface area contributed by atoms with Crippen molar-refractivity contribution in [2.45, 2.75) is 13.3 Å². The van der Waals surface area contributed by atoms with Crippen molar-refractivity contribution < 1.29 is 14.3 Å². The van der Waals surface area contributed by atoms with E-state index in [9.17, 15) is 9.59 Å². The summed E-state index contributed by atoms with van der Waals surface area (Å²) in [5.74, 6) is -0.498. The van der Waals surface area contributed by atoms with Crippen LogP contribution in [-0.2, 0) is 9.59 Å². The van der Waals surface area contributed by atoms with Crippen LogP contribution in [0.4, 0.5) is 0 Å². The van der Waals surface area contributed by atoms with Gasteiger partial charge in [-0.3, -0.25) is 20.4 Å². The number of aryl methyl sites for hydroxylation is 1. The molecule has 1 aromatic rings. The lowest BCUT2D eigenvalue weighted by molar-refractivity contribution is -0.129. The second-order valence-electron chi connectivity index (χ2n) is 3.53. The Kier molecular flexibility index (Phi) is 5.19. The third-order valence-electron chi connectivity index (χ3n) is 1.97. The molecule has 0 saturated carbocycles. The van der Waals surface area contributed by atoms with Crippen LogP contribution in [0.15, 0.2) is 24.3 Å². The predicted octanol–water partition coefficient (Wildman–Crippen LogP) is 0.435. The van der Waals surface area contributed by atoms with Crippen LogP contribution in [0.25, 0.3) is 0 Å². The first-order valence-electron chi connectivity index (χ1n) is 5.26. The van der Waals surface area contributed by atoms with Gasteiger partial charge in [0.25, 0.3) is 11.8 Å². The van der Waals surface area contributed by atoms with Gasteiger partial charge in [0.05, 0.1) is 6.07 Å². The van der Waals surface area contributed by atoms with E-state index in [4.69, 9.17) is 10.00 Å². The first-order valence-corrected chi connectivity index (χ1v) is 5.26. The minimum Gasteiger partial charge on any atom is -0.484 e. The molecule has 2 amide bonds. The molecular weight excluding hydrogens is 234 g/mol. The van der Waals surface area contributed by atoms with Gasteiger partial charge in [0.2, 0.25) is 0 Å². The molecule has 0 aliphatic heterocycles. The van der Waals surface area contributed by atoms with Crippen molar-refractivity contribution in [3.8, 4) is 11.8 Å². The standard InChI is InChI=1S/C12H13N3O3/c1-9-2-4-10(5-3-9)18-8-12(17)15-14-11(16)6-7-13/h2-5H,6,8H2,1H3,(H,14,16)(H,15,17). The smallest absolute Gasteiger partial charge is 0.276 e. The molecule has 0 heterocycles. The van der Waals surface area contributed by atoms with Crippen LogP contribution in [0.3, 0.4) is 0 Å². The van der Waals surface area contributed by atoms with E-state index < -0.39 is 11.8 Å². The number of hydrazine groups is 1. The number of hydrogen-bond donors (Lipinski definition) is 2. The second kappa shape index (κ2) is 6.91. The highest BCUT2D eigenvalue weighted by Crippen LogP contribution is 2.10. The summed E-state index contributed by atoms with van der Waals surface area (Å²) in [6, 6.07) is 8.88. The highest BCUT2D eigenvalue weighted by Gasteiger charge is 2.04. The summed E-state index contributed by atoms with van der Waals surface area (Å²) in [6.07, 6.45) is -0.306. The molecule has 0 spiro atoms. The second-order valence-corrected chi connectivity index (χ2v) is 3.53. The number of rotatable bonds is 4. The lowest BCUT2D eigenvalue weighted by atomic mass is 10.2. The number of nitrogens with zero attached hydrogens (tertiary/aromatic N) is 1. The molecule has 0 aromatic heterocycles. The van der Waals surface area contributed by atoms with Gasteiger partial charge in [-0.1, -0.05) is 17.7 Å². The van der Waals surface area contributed by atoms with Crippen molar-refractivity contribution in [1.29, 1.82) is 5.26 Å². The fourth-order valence-electron chi connectivity index (χ4n) is 1.07. The lowest BCUT2D eigenvalue weighted by Gasteiger charge is -2.07. The molecule has 0 atom stereocenters. The highest BCUT2D eigenvalue weighted by atomic mass is 16.5. The van der Waals surface area contributed by atoms with Gasteiger partial charge in [0.15, 0.2) is 6.61 Å². The third-order valence-corrected chi connectivity index (χ3v) is 1.97. The number of nitrogens with one attached hydrogen (secondary N) is 2. The minimum atomic E-state index is -0.568. The summed E-state index contributed by atoms with van der Waals surface area (Å²) in [7, 11) is 0. The van der Waals surface area contributed by atoms with Crippen molar-refractivity contribution in [2.24, 2.45) is 0 Å². The van der Waals surface area contributed by atoms with E-state index >= 15 is 0 Å². The van der Waals surface area contributed by atoms with Gasteiger partial charge in [-0.25, -0.2) is 0 Å². The Bertz CT molecular complexity index is 462. The van der Waals surface area contributed by atoms with Crippen LogP contribution < -0.4 is 15.6 Å². The average Bonchev–Trinajstić information content (AvgIpc) is 2.36. The number of carbonyl (C=O) groups is 2. The van der Waals surface area contributed by atoms with Gasteiger partial charge in [0, 0.05) is 0 Å². The molecule has 0 fully saturated rings. The Labute approximate surface area is 105 Å². The van der Waals surface area contributed by atoms with Crippen molar-refractivity contribution in [1.82, 2.24) is 10.9 Å². The van der Waals surface area contributed by atoms with Gasteiger partial charge in [-0.2, -0.15) is 5.26 Å². The molecule has 0 unspecified atom stereocenters. The lowest BCUT2D eigenvalue weighted by Crippen LogP contribution is -2.43. The molecule has 6 heteroatoms. The van der Waals surface area contributed by atoms with Crippen molar-refractivity contribution in [3.05, 3.63) is 29.8 Å². The van der Waals surface area contributed by atoms with Crippen molar-refractivity contribution in [3.63, 3.8) is 0 Å². The van der Waals surface area contributed by atoms with E-state index in [2.05, 4.69) is 10.9 Å². The van der Waals surface area contributed by atoms with Crippen molar-refractivity contribution >= 4 is 11.8 Å². The quantitative estimate of drug-likeness (QED) is 0.755.